The van der Waals surface area contributed by atoms with Crippen LogP contribution < -0.4 is 14.8 Å². The van der Waals surface area contributed by atoms with E-state index in [1.165, 1.54) is 0 Å². The molecule has 0 bridgehead atoms. The van der Waals surface area contributed by atoms with E-state index < -0.39 is 0 Å². The predicted molar refractivity (Wildman–Crippen MR) is 54.5 cm³/mol. The van der Waals surface area contributed by atoms with Gasteiger partial charge in [0.2, 0.25) is 6.79 Å². The summed E-state index contributed by atoms with van der Waals surface area (Å²) in [6.45, 7) is 2.22. The fourth-order valence-corrected chi connectivity index (χ4v) is 2.25. The van der Waals surface area contributed by atoms with E-state index >= 15 is 0 Å². The topological polar surface area (TPSA) is 50.7 Å². The Labute approximate surface area is 87.8 Å². The number of hydrogen-bond donors (Lipinski definition) is 2. The average Bonchev–Trinajstić information content (AvgIpc) is 2.86. The summed E-state index contributed by atoms with van der Waals surface area (Å²) in [5.74, 6) is 2.15. The van der Waals surface area contributed by atoms with Crippen molar-refractivity contribution >= 4 is 0 Å². The number of hydrogen-bond acceptors (Lipinski definition) is 4. The summed E-state index contributed by atoms with van der Waals surface area (Å²) < 4.78 is 10.7. The van der Waals surface area contributed by atoms with Crippen molar-refractivity contribution in [3.63, 3.8) is 0 Å². The summed E-state index contributed by atoms with van der Waals surface area (Å²) in [7, 11) is 0. The Morgan fingerprint density at radius 3 is 3.07 bits per heavy atom. The molecule has 0 saturated carbocycles. The Bertz CT molecular complexity index is 386. The molecule has 0 aliphatic carbocycles. The molecule has 2 heterocycles. The van der Waals surface area contributed by atoms with Gasteiger partial charge in [-0.2, -0.15) is 0 Å². The number of phenolic OH excluding ortho intramolecular Hbond substituents is 1. The number of rotatable bonds is 1. The zero-order chi connectivity index (χ0) is 10.3. The van der Waals surface area contributed by atoms with Crippen molar-refractivity contribution in [1.82, 2.24) is 5.32 Å². The molecule has 0 amide bonds. The molecule has 1 unspecified atom stereocenters. The average molecular weight is 207 g/mol. The van der Waals surface area contributed by atoms with Crippen LogP contribution in [0.25, 0.3) is 0 Å². The number of nitrogens with one attached hydrogen (secondary N) is 1. The lowest BCUT2D eigenvalue weighted by Crippen LogP contribution is -2.08. The number of fused-ring (bicyclic) bond motifs is 1. The van der Waals surface area contributed by atoms with Gasteiger partial charge in [-0.25, -0.2) is 0 Å². The van der Waals surface area contributed by atoms with E-state index in [2.05, 4.69) is 5.32 Å². The van der Waals surface area contributed by atoms with Crippen molar-refractivity contribution in [3.8, 4) is 17.2 Å². The first-order valence-electron chi connectivity index (χ1n) is 5.18. The summed E-state index contributed by atoms with van der Waals surface area (Å²) in [6.07, 6.45) is 1.08. The fraction of sp³-hybridized carbons (Fsp3) is 0.455. The van der Waals surface area contributed by atoms with Gasteiger partial charge in [0.25, 0.3) is 0 Å². The molecular weight excluding hydrogens is 194 g/mol. The lowest BCUT2D eigenvalue weighted by molar-refractivity contribution is 0.173. The maximum Gasteiger partial charge on any atom is 0.231 e. The lowest BCUT2D eigenvalue weighted by atomic mass is 9.97. The molecule has 0 radical (unpaired) electrons. The van der Waals surface area contributed by atoms with Crippen molar-refractivity contribution < 1.29 is 14.6 Å². The summed E-state index contributed by atoms with van der Waals surface area (Å²) in [4.78, 5) is 0. The quantitative estimate of drug-likeness (QED) is 0.726. The first kappa shape index (κ1) is 8.85. The van der Waals surface area contributed by atoms with Crippen molar-refractivity contribution in [3.05, 3.63) is 17.7 Å². The molecular formula is C11H13NO3. The van der Waals surface area contributed by atoms with Gasteiger partial charge >= 0.3 is 0 Å². The third kappa shape index (κ3) is 1.41. The molecule has 0 spiro atoms. The second kappa shape index (κ2) is 3.31. The minimum atomic E-state index is 0.251. The van der Waals surface area contributed by atoms with Crippen molar-refractivity contribution in [2.45, 2.75) is 12.3 Å². The van der Waals surface area contributed by atoms with Crippen LogP contribution in [0.1, 0.15) is 17.9 Å². The molecule has 2 N–H and O–H groups in total. The number of phenols is 1. The maximum atomic E-state index is 9.58. The summed E-state index contributed by atoms with van der Waals surface area (Å²) in [5.41, 5.74) is 1.06. The van der Waals surface area contributed by atoms with Gasteiger partial charge in [-0.05, 0) is 19.0 Å². The Morgan fingerprint density at radius 2 is 2.27 bits per heavy atom. The van der Waals surface area contributed by atoms with Crippen LogP contribution in [0.4, 0.5) is 0 Å². The van der Waals surface area contributed by atoms with Gasteiger partial charge < -0.3 is 19.9 Å². The molecule has 1 fully saturated rings. The van der Waals surface area contributed by atoms with Crippen LogP contribution >= 0.6 is 0 Å². The van der Waals surface area contributed by atoms with Gasteiger partial charge in [0.15, 0.2) is 11.5 Å². The predicted octanol–water partition coefficient (Wildman–Crippen LogP) is 1.20. The molecule has 80 valence electrons. The highest BCUT2D eigenvalue weighted by atomic mass is 16.7. The Morgan fingerprint density at radius 1 is 1.33 bits per heavy atom. The molecule has 1 aromatic carbocycles. The van der Waals surface area contributed by atoms with Gasteiger partial charge in [0.05, 0.1) is 0 Å². The van der Waals surface area contributed by atoms with Gasteiger partial charge in [-0.3, -0.25) is 0 Å². The van der Waals surface area contributed by atoms with Gasteiger partial charge in [-0.15, -0.1) is 0 Å². The normalized spacial score (nSPS) is 23.3. The summed E-state index contributed by atoms with van der Waals surface area (Å²) >= 11 is 0. The number of aromatic hydroxyl groups is 1. The third-order valence-corrected chi connectivity index (χ3v) is 2.99. The molecule has 2 aliphatic rings. The van der Waals surface area contributed by atoms with Crippen molar-refractivity contribution in [2.24, 2.45) is 0 Å². The molecule has 1 saturated heterocycles. The van der Waals surface area contributed by atoms with Crippen LogP contribution in [0.2, 0.25) is 0 Å². The Hall–Kier alpha value is -1.42. The molecule has 0 aromatic heterocycles. The standard InChI is InChI=1S/C11H13NO3/c13-8-3-9(7-1-2-12-5-7)11-10(4-8)14-6-15-11/h3-4,7,12-13H,1-2,5-6H2. The van der Waals surface area contributed by atoms with E-state index in [0.717, 1.165) is 30.8 Å². The number of benzene rings is 1. The zero-order valence-corrected chi connectivity index (χ0v) is 8.32. The highest BCUT2D eigenvalue weighted by molar-refractivity contribution is 5.54. The van der Waals surface area contributed by atoms with Crippen molar-refractivity contribution in [2.75, 3.05) is 19.9 Å². The fourth-order valence-electron chi connectivity index (χ4n) is 2.25. The van der Waals surface area contributed by atoms with Crippen LogP contribution in [-0.4, -0.2) is 25.0 Å². The second-order valence-corrected chi connectivity index (χ2v) is 3.96. The Kier molecular flexibility index (Phi) is 1.95. The molecule has 15 heavy (non-hydrogen) atoms. The molecule has 1 atom stereocenters. The zero-order valence-electron chi connectivity index (χ0n) is 8.32. The summed E-state index contributed by atoms with van der Waals surface area (Å²) in [6, 6.07) is 3.39. The summed E-state index contributed by atoms with van der Waals surface area (Å²) in [5, 5.41) is 12.9. The van der Waals surface area contributed by atoms with Gasteiger partial charge in [0, 0.05) is 24.1 Å². The van der Waals surface area contributed by atoms with E-state index in [1.807, 2.05) is 0 Å². The monoisotopic (exact) mass is 207 g/mol. The molecule has 1 aromatic rings. The molecule has 2 aliphatic heterocycles. The van der Waals surface area contributed by atoms with Crippen LogP contribution in [-0.2, 0) is 0 Å². The van der Waals surface area contributed by atoms with E-state index in [1.54, 1.807) is 12.1 Å². The van der Waals surface area contributed by atoms with Crippen LogP contribution in [0, 0.1) is 0 Å². The van der Waals surface area contributed by atoms with Gasteiger partial charge in [0.1, 0.15) is 5.75 Å². The van der Waals surface area contributed by atoms with Crippen LogP contribution in [0.3, 0.4) is 0 Å². The SMILES string of the molecule is Oc1cc2c(c(C3CCNC3)c1)OCO2. The first-order valence-corrected chi connectivity index (χ1v) is 5.18. The first-order chi connectivity index (χ1) is 7.34. The van der Waals surface area contributed by atoms with Gasteiger partial charge in [-0.1, -0.05) is 0 Å². The van der Waals surface area contributed by atoms with E-state index in [9.17, 15) is 5.11 Å². The molecule has 4 nitrogen and oxygen atoms in total. The Balaban J connectivity index is 2.05. The lowest BCUT2D eigenvalue weighted by Gasteiger charge is -2.12. The molecule has 3 rings (SSSR count). The maximum absolute atomic E-state index is 9.58. The minimum absolute atomic E-state index is 0.251. The van der Waals surface area contributed by atoms with E-state index in [4.69, 9.17) is 9.47 Å². The van der Waals surface area contributed by atoms with Crippen LogP contribution in [0.5, 0.6) is 17.2 Å². The molecule has 4 heteroatoms. The smallest absolute Gasteiger partial charge is 0.231 e. The van der Waals surface area contributed by atoms with Crippen molar-refractivity contribution in [1.29, 1.82) is 0 Å². The van der Waals surface area contributed by atoms with Crippen LogP contribution in [0.15, 0.2) is 12.1 Å². The highest BCUT2D eigenvalue weighted by Gasteiger charge is 2.26. The second-order valence-electron chi connectivity index (χ2n) is 3.96. The minimum Gasteiger partial charge on any atom is -0.508 e. The largest absolute Gasteiger partial charge is 0.508 e. The number of ether oxygens (including phenoxy) is 2. The van der Waals surface area contributed by atoms with E-state index in [-0.39, 0.29) is 12.5 Å². The third-order valence-electron chi connectivity index (χ3n) is 2.99. The highest BCUT2D eigenvalue weighted by Crippen LogP contribution is 2.43. The van der Waals surface area contributed by atoms with E-state index in [0.29, 0.717) is 11.7 Å².